The van der Waals surface area contributed by atoms with Crippen LogP contribution >= 0.6 is 12.2 Å². The van der Waals surface area contributed by atoms with E-state index in [9.17, 15) is 0 Å². The Bertz CT molecular complexity index is 22.9. The molecule has 0 rings (SSSR count). The number of hydrogen-bond acceptors (Lipinski definition) is 3. The van der Waals surface area contributed by atoms with Crippen molar-refractivity contribution in [3.63, 3.8) is 0 Å². The van der Waals surface area contributed by atoms with Crippen LogP contribution in [0.5, 0.6) is 0 Å². The van der Waals surface area contributed by atoms with Gasteiger partial charge in [0.05, 0.1) is 12.2 Å². The van der Waals surface area contributed by atoms with Crippen LogP contribution < -0.4 is 5.14 Å². The summed E-state index contributed by atoms with van der Waals surface area (Å²) in [5.41, 5.74) is 0. The van der Waals surface area contributed by atoms with E-state index < -0.39 is 0 Å². The van der Waals surface area contributed by atoms with Crippen molar-refractivity contribution in [2.24, 2.45) is 11.1 Å². The Labute approximate surface area is 49.4 Å². The summed E-state index contributed by atoms with van der Waals surface area (Å²) in [7, 11) is 0. The normalized spacial score (nSPS) is 7.71. The minimum Gasteiger partial charge on any atom is -0.317 e. The van der Waals surface area contributed by atoms with E-state index in [0.29, 0.717) is 0 Å². The van der Waals surface area contributed by atoms with Gasteiger partial charge in [0.15, 0.2) is 0 Å². The molecule has 0 spiro atoms. The molecule has 0 fully saturated rings. The molecule has 0 saturated heterocycles. The molecule has 0 aromatic heterocycles. The van der Waals surface area contributed by atoms with E-state index in [0.717, 1.165) is 5.92 Å². The third kappa shape index (κ3) is 1570. The lowest BCUT2D eigenvalue weighted by Crippen LogP contribution is -1.66. The lowest BCUT2D eigenvalue weighted by atomic mass is 10.3. The Morgan fingerprint density at radius 2 is 1.43 bits per heavy atom. The Morgan fingerprint density at radius 3 is 1.43 bits per heavy atom. The molecule has 0 amide bonds. The lowest BCUT2D eigenvalue weighted by Gasteiger charge is -1.79. The van der Waals surface area contributed by atoms with E-state index in [1.54, 1.807) is 0 Å². The Kier molecular flexibility index (Phi) is 14.0. The maximum atomic E-state index is 7.26. The lowest BCUT2D eigenvalue weighted by molar-refractivity contribution is 0.665. The molecule has 46 valence electrons. The van der Waals surface area contributed by atoms with Gasteiger partial charge in [-0.05, 0) is 5.92 Å². The van der Waals surface area contributed by atoms with Crippen molar-refractivity contribution in [3.05, 3.63) is 0 Å². The van der Waals surface area contributed by atoms with E-state index in [-0.39, 0.29) is 12.2 Å². The molecule has 2 nitrogen and oxygen atoms in total. The molecule has 3 heteroatoms. The summed E-state index contributed by atoms with van der Waals surface area (Å²) in [5.74, 6) is 0.833. The quantitative estimate of drug-likeness (QED) is 0.381. The summed E-state index contributed by atoms with van der Waals surface area (Å²) in [6.45, 7) is 6.50. The van der Waals surface area contributed by atoms with Gasteiger partial charge < -0.3 is 4.55 Å². The van der Waals surface area contributed by atoms with Crippen LogP contribution in [0, 0.1) is 5.92 Å². The first-order chi connectivity index (χ1) is 3.15. The molecule has 3 N–H and O–H groups in total. The summed E-state index contributed by atoms with van der Waals surface area (Å²) >= 11 is 0.250. The molecule has 0 aromatic rings. The highest BCUT2D eigenvalue weighted by atomic mass is 32.2. The molecule has 0 saturated carbocycles. The van der Waals surface area contributed by atoms with E-state index in [2.05, 4.69) is 25.9 Å². The monoisotopic (exact) mass is 123 g/mol. The first-order valence-electron chi connectivity index (χ1n) is 2.15. The van der Waals surface area contributed by atoms with Crippen LogP contribution in [0.2, 0.25) is 0 Å². The standard InChI is InChI=1S/C4H10.H3NOS/c1-4(2)3;1-3-2/h4H,1-3H3;2H,1H2. The minimum atomic E-state index is 0.250. The van der Waals surface area contributed by atoms with Gasteiger partial charge in [-0.3, -0.25) is 5.14 Å². The average molecular weight is 123 g/mol. The zero-order valence-electron chi connectivity index (χ0n) is 5.01. The summed E-state index contributed by atoms with van der Waals surface area (Å²) in [4.78, 5) is 0. The fourth-order valence-electron chi connectivity index (χ4n) is 0. The van der Waals surface area contributed by atoms with Gasteiger partial charge in [0, 0.05) is 0 Å². The van der Waals surface area contributed by atoms with E-state index in [4.69, 9.17) is 4.55 Å². The fraction of sp³-hybridized carbons (Fsp3) is 1.00. The summed E-state index contributed by atoms with van der Waals surface area (Å²) in [6, 6.07) is 0. The maximum absolute atomic E-state index is 7.26. The zero-order chi connectivity index (χ0) is 6.28. The van der Waals surface area contributed by atoms with Crippen LogP contribution in [0.4, 0.5) is 0 Å². The van der Waals surface area contributed by atoms with Crippen LogP contribution in [-0.4, -0.2) is 4.55 Å². The van der Waals surface area contributed by atoms with Crippen LogP contribution in [0.3, 0.4) is 0 Å². The van der Waals surface area contributed by atoms with Crippen molar-refractivity contribution >= 4 is 12.2 Å². The van der Waals surface area contributed by atoms with Crippen LogP contribution in [0.1, 0.15) is 20.8 Å². The molecular formula is C4H13NOS. The molecule has 0 aromatic carbocycles. The first kappa shape index (κ1) is 10.3. The largest absolute Gasteiger partial charge is 0.317 e. The van der Waals surface area contributed by atoms with Gasteiger partial charge in [0.2, 0.25) is 0 Å². The summed E-state index contributed by atoms with van der Waals surface area (Å²) in [6.07, 6.45) is 0. The zero-order valence-corrected chi connectivity index (χ0v) is 5.83. The third-order valence-electron chi connectivity index (χ3n) is 0. The summed E-state index contributed by atoms with van der Waals surface area (Å²) in [5, 5.41) is 4.32. The second-order valence-corrected chi connectivity index (χ2v) is 2.05. The van der Waals surface area contributed by atoms with Gasteiger partial charge in [-0.25, -0.2) is 0 Å². The Balaban J connectivity index is 0. The van der Waals surface area contributed by atoms with Gasteiger partial charge in [-0.1, -0.05) is 20.8 Å². The molecule has 0 radical (unpaired) electrons. The highest BCUT2D eigenvalue weighted by molar-refractivity contribution is 7.91. The van der Waals surface area contributed by atoms with Crippen LogP contribution in [0.15, 0.2) is 0 Å². The van der Waals surface area contributed by atoms with Gasteiger partial charge in [0.1, 0.15) is 0 Å². The molecule has 0 atom stereocenters. The van der Waals surface area contributed by atoms with Crippen LogP contribution in [-0.2, 0) is 0 Å². The van der Waals surface area contributed by atoms with Crippen molar-refractivity contribution in [2.45, 2.75) is 20.8 Å². The minimum absolute atomic E-state index is 0.250. The SMILES string of the molecule is CC(C)C.NSO. The molecule has 7 heavy (non-hydrogen) atoms. The second-order valence-electron chi connectivity index (χ2n) is 1.84. The van der Waals surface area contributed by atoms with Gasteiger partial charge >= 0.3 is 0 Å². The van der Waals surface area contributed by atoms with Crippen molar-refractivity contribution in [3.8, 4) is 0 Å². The Hall–Kier alpha value is 0.270. The molecular weight excluding hydrogens is 110 g/mol. The third-order valence-corrected chi connectivity index (χ3v) is 0. The van der Waals surface area contributed by atoms with Crippen LogP contribution in [0.25, 0.3) is 0 Å². The topological polar surface area (TPSA) is 46.2 Å². The number of rotatable bonds is 0. The van der Waals surface area contributed by atoms with Crippen molar-refractivity contribution in [1.29, 1.82) is 0 Å². The second kappa shape index (κ2) is 9.55. The van der Waals surface area contributed by atoms with Crippen molar-refractivity contribution in [2.75, 3.05) is 0 Å². The van der Waals surface area contributed by atoms with E-state index in [1.807, 2.05) is 0 Å². The highest BCUT2D eigenvalue weighted by Gasteiger charge is 1.68. The van der Waals surface area contributed by atoms with Gasteiger partial charge in [-0.15, -0.1) is 0 Å². The van der Waals surface area contributed by atoms with E-state index in [1.165, 1.54) is 0 Å². The molecule has 0 aliphatic carbocycles. The highest BCUT2D eigenvalue weighted by Crippen LogP contribution is 1.81. The molecule has 0 aliphatic rings. The van der Waals surface area contributed by atoms with E-state index >= 15 is 0 Å². The molecule has 0 heterocycles. The Morgan fingerprint density at radius 1 is 1.43 bits per heavy atom. The number of nitrogens with two attached hydrogens (primary N) is 1. The molecule has 0 bridgehead atoms. The number of hydrogen-bond donors (Lipinski definition) is 2. The maximum Gasteiger partial charge on any atom is 0.0729 e. The summed E-state index contributed by atoms with van der Waals surface area (Å²) < 4.78 is 7.26. The molecule has 0 unspecified atom stereocenters. The van der Waals surface area contributed by atoms with Gasteiger partial charge in [-0.2, -0.15) is 0 Å². The smallest absolute Gasteiger partial charge is 0.0729 e. The molecule has 0 aliphatic heterocycles. The van der Waals surface area contributed by atoms with Crippen molar-refractivity contribution < 1.29 is 4.55 Å². The first-order valence-corrected chi connectivity index (χ1v) is 2.99. The van der Waals surface area contributed by atoms with Crippen molar-refractivity contribution in [1.82, 2.24) is 0 Å². The van der Waals surface area contributed by atoms with Gasteiger partial charge in [0.25, 0.3) is 0 Å². The predicted molar refractivity (Wildman–Crippen MR) is 34.9 cm³/mol. The average Bonchev–Trinajstić information content (AvgIpc) is 1.33. The fourth-order valence-corrected chi connectivity index (χ4v) is 0. The predicted octanol–water partition coefficient (Wildman–Crippen LogP) is 1.73.